The number of unbranched alkanes of at least 4 members (excludes halogenated alkanes) is 1. The Bertz CT molecular complexity index is 1050. The summed E-state index contributed by atoms with van der Waals surface area (Å²) >= 11 is 0. The van der Waals surface area contributed by atoms with Gasteiger partial charge in [0.15, 0.2) is 0 Å². The van der Waals surface area contributed by atoms with Crippen LogP contribution >= 0.6 is 0 Å². The van der Waals surface area contributed by atoms with Crippen molar-refractivity contribution in [2.75, 3.05) is 23.3 Å². The highest BCUT2D eigenvalue weighted by atomic mass is 16.6. The zero-order valence-electron chi connectivity index (χ0n) is 25.3. The Morgan fingerprint density at radius 2 is 1.56 bits per heavy atom. The van der Waals surface area contributed by atoms with Crippen LogP contribution < -0.4 is 10.2 Å². The molecule has 1 aliphatic rings. The van der Waals surface area contributed by atoms with Gasteiger partial charge >= 0.3 is 12.2 Å². The Balaban J connectivity index is 0.00000260. The van der Waals surface area contributed by atoms with E-state index >= 15 is 0 Å². The number of anilines is 2. The van der Waals surface area contributed by atoms with Crippen molar-refractivity contribution in [1.29, 1.82) is 0 Å². The lowest BCUT2D eigenvalue weighted by atomic mass is 10.0. The maximum absolute atomic E-state index is 13.2. The van der Waals surface area contributed by atoms with Gasteiger partial charge in [-0.3, -0.25) is 4.90 Å². The van der Waals surface area contributed by atoms with Crippen molar-refractivity contribution >= 4 is 24.0 Å². The Morgan fingerprint density at radius 3 is 2.10 bits per heavy atom. The molecule has 0 radical (unpaired) electrons. The maximum Gasteiger partial charge on any atom is 0.427 e. The summed E-state index contributed by atoms with van der Waals surface area (Å²) in [4.78, 5) is 38.9. The number of hydrogen-bond acceptors (Lipinski definition) is 8. The monoisotopic (exact) mass is 541 g/mol. The summed E-state index contributed by atoms with van der Waals surface area (Å²) in [6, 6.07) is 10.3. The SMILES string of the molecule is CC.CCCCNc1nc(N(C(=O)OC(C)(C)C)C(=O)OC(C)(C)C)nc2c1CCN(Cc1ccccc1)C2. The number of ether oxygens (including phenoxy) is 2. The lowest BCUT2D eigenvalue weighted by Crippen LogP contribution is -2.45. The molecular formula is C30H47N5O4. The van der Waals surface area contributed by atoms with Gasteiger partial charge in [-0.15, -0.1) is 4.90 Å². The average Bonchev–Trinajstić information content (AvgIpc) is 2.84. The van der Waals surface area contributed by atoms with Crippen LogP contribution in [0.5, 0.6) is 0 Å². The molecule has 9 nitrogen and oxygen atoms in total. The van der Waals surface area contributed by atoms with E-state index in [0.29, 0.717) is 12.4 Å². The van der Waals surface area contributed by atoms with Crippen LogP contribution in [0.15, 0.2) is 30.3 Å². The number of carbonyl (C=O) groups is 2. The number of amides is 2. The van der Waals surface area contributed by atoms with Gasteiger partial charge in [0.25, 0.3) is 0 Å². The van der Waals surface area contributed by atoms with Crippen molar-refractivity contribution in [1.82, 2.24) is 14.9 Å². The normalized spacial score (nSPS) is 13.5. The molecule has 216 valence electrons. The smallest absolute Gasteiger partial charge is 0.427 e. The number of carbonyl (C=O) groups excluding carboxylic acids is 2. The largest absolute Gasteiger partial charge is 0.443 e. The lowest BCUT2D eigenvalue weighted by molar-refractivity contribution is 0.0427. The highest BCUT2D eigenvalue weighted by Gasteiger charge is 2.36. The minimum atomic E-state index is -0.877. The van der Waals surface area contributed by atoms with E-state index in [0.717, 1.165) is 55.1 Å². The first-order chi connectivity index (χ1) is 18.4. The number of nitrogens with one attached hydrogen (secondary N) is 1. The van der Waals surface area contributed by atoms with Gasteiger partial charge in [-0.25, -0.2) is 14.6 Å². The number of aromatic nitrogens is 2. The first-order valence-electron chi connectivity index (χ1n) is 14.0. The molecule has 1 aromatic carbocycles. The zero-order valence-corrected chi connectivity index (χ0v) is 25.3. The van der Waals surface area contributed by atoms with Gasteiger partial charge < -0.3 is 14.8 Å². The summed E-state index contributed by atoms with van der Waals surface area (Å²) in [6.07, 6.45) is 1.00. The molecule has 39 heavy (non-hydrogen) atoms. The summed E-state index contributed by atoms with van der Waals surface area (Å²) < 4.78 is 11.1. The van der Waals surface area contributed by atoms with Crippen LogP contribution in [0.2, 0.25) is 0 Å². The summed E-state index contributed by atoms with van der Waals surface area (Å²) in [7, 11) is 0. The van der Waals surface area contributed by atoms with E-state index in [9.17, 15) is 9.59 Å². The molecule has 0 bridgehead atoms. The van der Waals surface area contributed by atoms with Crippen LogP contribution in [0.25, 0.3) is 0 Å². The minimum absolute atomic E-state index is 0.0530. The quantitative estimate of drug-likeness (QED) is 0.376. The van der Waals surface area contributed by atoms with Crippen molar-refractivity contribution in [2.24, 2.45) is 0 Å². The van der Waals surface area contributed by atoms with Gasteiger partial charge in [-0.2, -0.15) is 4.98 Å². The molecule has 3 rings (SSSR count). The fraction of sp³-hybridized carbons (Fsp3) is 0.600. The molecule has 0 aliphatic carbocycles. The third-order valence-electron chi connectivity index (χ3n) is 5.56. The van der Waals surface area contributed by atoms with Gasteiger partial charge in [-0.05, 0) is 59.9 Å². The van der Waals surface area contributed by atoms with Crippen molar-refractivity contribution in [3.05, 3.63) is 47.2 Å². The van der Waals surface area contributed by atoms with E-state index in [2.05, 4.69) is 34.3 Å². The van der Waals surface area contributed by atoms with Crippen molar-refractivity contribution in [3.63, 3.8) is 0 Å². The Labute approximate surface area is 234 Å². The van der Waals surface area contributed by atoms with E-state index in [1.807, 2.05) is 32.0 Å². The summed E-state index contributed by atoms with van der Waals surface area (Å²) in [5.74, 6) is 0.590. The zero-order chi connectivity index (χ0) is 29.2. The van der Waals surface area contributed by atoms with E-state index in [1.54, 1.807) is 41.5 Å². The number of imide groups is 1. The average molecular weight is 542 g/mol. The van der Waals surface area contributed by atoms with Crippen molar-refractivity contribution in [2.45, 2.75) is 106 Å². The van der Waals surface area contributed by atoms with E-state index in [-0.39, 0.29) is 5.95 Å². The van der Waals surface area contributed by atoms with Gasteiger partial charge in [0.1, 0.15) is 17.0 Å². The van der Waals surface area contributed by atoms with E-state index in [1.165, 1.54) is 5.56 Å². The molecule has 1 N–H and O–H groups in total. The summed E-state index contributed by atoms with van der Waals surface area (Å²) in [5.41, 5.74) is 1.37. The predicted octanol–water partition coefficient (Wildman–Crippen LogP) is 6.95. The number of fused-ring (bicyclic) bond motifs is 1. The van der Waals surface area contributed by atoms with Crippen molar-refractivity contribution < 1.29 is 19.1 Å². The van der Waals surface area contributed by atoms with Gasteiger partial charge in [0.05, 0.1) is 5.69 Å². The minimum Gasteiger partial charge on any atom is -0.443 e. The Kier molecular flexibility index (Phi) is 11.7. The maximum atomic E-state index is 13.2. The first kappa shape index (κ1) is 32.0. The van der Waals surface area contributed by atoms with Crippen LogP contribution in [-0.2, 0) is 29.0 Å². The second-order valence-electron chi connectivity index (χ2n) is 11.3. The third kappa shape index (κ3) is 10.1. The number of benzene rings is 1. The molecule has 2 heterocycles. The van der Waals surface area contributed by atoms with Crippen LogP contribution in [0.4, 0.5) is 21.4 Å². The molecule has 0 atom stereocenters. The van der Waals surface area contributed by atoms with Gasteiger partial charge in [0, 0.05) is 31.7 Å². The molecule has 1 aliphatic heterocycles. The molecule has 1 aromatic heterocycles. The van der Waals surface area contributed by atoms with Crippen molar-refractivity contribution in [3.8, 4) is 0 Å². The fourth-order valence-electron chi connectivity index (χ4n) is 3.93. The highest BCUT2D eigenvalue weighted by Crippen LogP contribution is 2.29. The van der Waals surface area contributed by atoms with Crippen LogP contribution in [0.1, 0.15) is 92.0 Å². The fourth-order valence-corrected chi connectivity index (χ4v) is 3.93. The predicted molar refractivity (Wildman–Crippen MR) is 156 cm³/mol. The van der Waals surface area contributed by atoms with Gasteiger partial charge in [0.2, 0.25) is 5.95 Å². The summed E-state index contributed by atoms with van der Waals surface area (Å²) in [6.45, 7) is 19.5. The molecule has 9 heteroatoms. The first-order valence-corrected chi connectivity index (χ1v) is 14.0. The van der Waals surface area contributed by atoms with Crippen LogP contribution in [0.3, 0.4) is 0 Å². The van der Waals surface area contributed by atoms with Crippen LogP contribution in [-0.4, -0.2) is 51.3 Å². The molecule has 0 spiro atoms. The second-order valence-corrected chi connectivity index (χ2v) is 11.3. The molecular weight excluding hydrogens is 494 g/mol. The molecule has 0 saturated heterocycles. The third-order valence-corrected chi connectivity index (χ3v) is 5.56. The standard InChI is InChI=1S/C28H41N5O4.C2H6/c1-8-9-16-29-23-21-15-17-32(18-20-13-11-10-12-14-20)19-22(21)30-24(31-23)33(25(34)36-27(2,3)4)26(35)37-28(5,6)7;1-2/h10-14H,8-9,15-19H2,1-7H3,(H,29,30,31);1-2H3. The topological polar surface area (TPSA) is 96.9 Å². The number of nitrogens with zero attached hydrogens (tertiary/aromatic N) is 4. The second kappa shape index (κ2) is 14.3. The lowest BCUT2D eigenvalue weighted by Gasteiger charge is -2.31. The van der Waals surface area contributed by atoms with Gasteiger partial charge in [-0.1, -0.05) is 57.5 Å². The molecule has 0 fully saturated rings. The Morgan fingerprint density at radius 1 is 0.974 bits per heavy atom. The van der Waals surface area contributed by atoms with Crippen LogP contribution in [0, 0.1) is 0 Å². The molecule has 0 saturated carbocycles. The Hall–Kier alpha value is -3.20. The molecule has 2 amide bonds. The molecule has 2 aromatic rings. The van der Waals surface area contributed by atoms with E-state index < -0.39 is 23.4 Å². The highest BCUT2D eigenvalue weighted by molar-refractivity contribution is 6.08. The summed E-state index contributed by atoms with van der Waals surface area (Å²) in [5, 5.41) is 3.41. The molecule has 0 unspecified atom stereocenters. The number of hydrogen-bond donors (Lipinski definition) is 1. The number of rotatable bonds is 7. The van der Waals surface area contributed by atoms with E-state index in [4.69, 9.17) is 14.5 Å².